The van der Waals surface area contributed by atoms with Crippen molar-refractivity contribution < 1.29 is 0 Å². The highest BCUT2D eigenvalue weighted by Gasteiger charge is 1.87. The highest BCUT2D eigenvalue weighted by atomic mass is 35.5. The van der Waals surface area contributed by atoms with Gasteiger partial charge in [-0.2, -0.15) is 0 Å². The zero-order chi connectivity index (χ0) is 6.69. The molecule has 1 aromatic rings. The molecule has 3 heteroatoms. The number of halogens is 1. The highest BCUT2D eigenvalue weighted by Crippen LogP contribution is 1.96. The molecular weight excluding hydrogens is 138 g/mol. The van der Waals surface area contributed by atoms with Gasteiger partial charge in [-0.1, -0.05) is 0 Å². The van der Waals surface area contributed by atoms with E-state index in [-0.39, 0.29) is 5.56 Å². The van der Waals surface area contributed by atoms with Gasteiger partial charge in [0, 0.05) is 18.1 Å². The summed E-state index contributed by atoms with van der Waals surface area (Å²) >= 11 is 5.45. The molecule has 0 aromatic carbocycles. The summed E-state index contributed by atoms with van der Waals surface area (Å²) in [5, 5.41) is 0. The summed E-state index contributed by atoms with van der Waals surface area (Å²) in [6, 6.07) is 3.25. The maximum Gasteiger partial charge on any atom is 0.248 e. The molecule has 0 amide bonds. The number of nitrogens with one attached hydrogen (secondary N) is 1. The third kappa shape index (κ3) is 1.57. The van der Waals surface area contributed by atoms with Crippen LogP contribution in [0.2, 0.25) is 0 Å². The van der Waals surface area contributed by atoms with Gasteiger partial charge < -0.3 is 4.98 Å². The molecule has 0 aliphatic rings. The Morgan fingerprint density at radius 2 is 2.44 bits per heavy atom. The summed E-state index contributed by atoms with van der Waals surface area (Å²) in [5.41, 5.74) is 0.744. The van der Waals surface area contributed by atoms with E-state index in [9.17, 15) is 4.79 Å². The summed E-state index contributed by atoms with van der Waals surface area (Å²) in [5.74, 6) is 0.393. The number of aromatic amines is 1. The van der Waals surface area contributed by atoms with Crippen LogP contribution in [0, 0.1) is 0 Å². The van der Waals surface area contributed by atoms with E-state index in [2.05, 4.69) is 4.98 Å². The molecule has 1 aromatic heterocycles. The average molecular weight is 144 g/mol. The number of H-pyrrole nitrogens is 1. The average Bonchev–Trinajstić information content (AvgIpc) is 1.88. The lowest BCUT2D eigenvalue weighted by molar-refractivity contribution is 1.20. The third-order valence-electron chi connectivity index (χ3n) is 0.994. The van der Waals surface area contributed by atoms with Gasteiger partial charge in [-0.05, 0) is 11.6 Å². The first kappa shape index (κ1) is 6.36. The molecular formula is C6H6ClNO. The van der Waals surface area contributed by atoms with Gasteiger partial charge >= 0.3 is 0 Å². The summed E-state index contributed by atoms with van der Waals surface area (Å²) < 4.78 is 0. The van der Waals surface area contributed by atoms with Crippen LogP contribution in [0.4, 0.5) is 0 Å². The number of hydrogen-bond donors (Lipinski definition) is 1. The van der Waals surface area contributed by atoms with Crippen LogP contribution in [0.1, 0.15) is 5.56 Å². The van der Waals surface area contributed by atoms with Crippen LogP contribution < -0.4 is 5.56 Å². The Morgan fingerprint density at radius 3 is 2.89 bits per heavy atom. The van der Waals surface area contributed by atoms with Crippen molar-refractivity contribution in [2.75, 3.05) is 0 Å². The monoisotopic (exact) mass is 143 g/mol. The van der Waals surface area contributed by atoms with Crippen molar-refractivity contribution in [2.24, 2.45) is 0 Å². The van der Waals surface area contributed by atoms with E-state index in [0.717, 1.165) is 5.56 Å². The predicted molar refractivity (Wildman–Crippen MR) is 36.6 cm³/mol. The fourth-order valence-electron chi connectivity index (χ4n) is 0.572. The fraction of sp³-hybridized carbons (Fsp3) is 0.167. The van der Waals surface area contributed by atoms with Gasteiger partial charge in [0.2, 0.25) is 5.56 Å². The number of alkyl halides is 1. The second-order valence-corrected chi connectivity index (χ2v) is 1.96. The molecule has 0 saturated carbocycles. The van der Waals surface area contributed by atoms with Crippen LogP contribution in [0.15, 0.2) is 23.1 Å². The van der Waals surface area contributed by atoms with Gasteiger partial charge in [-0.25, -0.2) is 0 Å². The van der Waals surface area contributed by atoms with Crippen molar-refractivity contribution in [2.45, 2.75) is 5.88 Å². The maximum atomic E-state index is 10.5. The predicted octanol–water partition coefficient (Wildman–Crippen LogP) is 1.11. The van der Waals surface area contributed by atoms with E-state index in [4.69, 9.17) is 11.6 Å². The normalized spacial score (nSPS) is 9.44. The number of rotatable bonds is 1. The van der Waals surface area contributed by atoms with Gasteiger partial charge in [-0.15, -0.1) is 11.6 Å². The first-order valence-corrected chi connectivity index (χ1v) is 3.10. The van der Waals surface area contributed by atoms with Crippen molar-refractivity contribution in [3.63, 3.8) is 0 Å². The van der Waals surface area contributed by atoms with Gasteiger partial charge in [-0.3, -0.25) is 4.79 Å². The Balaban J connectivity index is 3.08. The Morgan fingerprint density at radius 1 is 1.67 bits per heavy atom. The van der Waals surface area contributed by atoms with Crippen molar-refractivity contribution >= 4 is 11.6 Å². The summed E-state index contributed by atoms with van der Waals surface area (Å²) in [4.78, 5) is 13.0. The third-order valence-corrected chi connectivity index (χ3v) is 1.30. The molecule has 0 spiro atoms. The van der Waals surface area contributed by atoms with E-state index in [0.29, 0.717) is 5.88 Å². The highest BCUT2D eigenvalue weighted by molar-refractivity contribution is 6.17. The SMILES string of the molecule is O=c1cc(CCl)cc[nH]1. The van der Waals surface area contributed by atoms with Crippen LogP contribution >= 0.6 is 11.6 Å². The van der Waals surface area contributed by atoms with Gasteiger partial charge in [0.15, 0.2) is 0 Å². The first-order valence-electron chi connectivity index (χ1n) is 2.56. The Bertz CT molecular complexity index is 243. The molecule has 0 aliphatic heterocycles. The van der Waals surface area contributed by atoms with Crippen LogP contribution in [0.25, 0.3) is 0 Å². The molecule has 48 valence electrons. The van der Waals surface area contributed by atoms with Crippen molar-refractivity contribution in [3.8, 4) is 0 Å². The Kier molecular flexibility index (Phi) is 1.90. The van der Waals surface area contributed by atoms with E-state index >= 15 is 0 Å². The molecule has 1 N–H and O–H groups in total. The summed E-state index contributed by atoms with van der Waals surface area (Å²) in [7, 11) is 0. The van der Waals surface area contributed by atoms with Crippen molar-refractivity contribution in [1.82, 2.24) is 4.98 Å². The molecule has 0 aliphatic carbocycles. The second kappa shape index (κ2) is 2.69. The van der Waals surface area contributed by atoms with Gasteiger partial charge in [0.25, 0.3) is 0 Å². The smallest absolute Gasteiger partial charge is 0.248 e. The number of hydrogen-bond acceptors (Lipinski definition) is 1. The molecule has 9 heavy (non-hydrogen) atoms. The molecule has 0 unspecified atom stereocenters. The second-order valence-electron chi connectivity index (χ2n) is 1.69. The molecule has 1 rings (SSSR count). The quantitative estimate of drug-likeness (QED) is 0.587. The molecule has 0 atom stereocenters. The number of pyridine rings is 1. The minimum Gasteiger partial charge on any atom is -0.329 e. The number of aromatic nitrogens is 1. The molecule has 0 radical (unpaired) electrons. The van der Waals surface area contributed by atoms with E-state index in [1.165, 1.54) is 6.07 Å². The van der Waals surface area contributed by atoms with Crippen LogP contribution in [-0.4, -0.2) is 4.98 Å². The minimum atomic E-state index is -0.104. The van der Waals surface area contributed by atoms with Crippen LogP contribution in [-0.2, 0) is 5.88 Å². The molecule has 0 saturated heterocycles. The van der Waals surface area contributed by atoms with Crippen LogP contribution in [0.5, 0.6) is 0 Å². The lowest BCUT2D eigenvalue weighted by Gasteiger charge is -1.88. The minimum absolute atomic E-state index is 0.104. The van der Waals surface area contributed by atoms with E-state index in [1.54, 1.807) is 12.3 Å². The Hall–Kier alpha value is -0.760. The lowest BCUT2D eigenvalue weighted by Crippen LogP contribution is -2.02. The lowest BCUT2D eigenvalue weighted by atomic mass is 10.3. The van der Waals surface area contributed by atoms with Crippen molar-refractivity contribution in [3.05, 3.63) is 34.2 Å². The molecule has 1 heterocycles. The van der Waals surface area contributed by atoms with Crippen molar-refractivity contribution in [1.29, 1.82) is 0 Å². The van der Waals surface area contributed by atoms with Gasteiger partial charge in [0.05, 0.1) is 0 Å². The first-order chi connectivity index (χ1) is 4.33. The maximum absolute atomic E-state index is 10.5. The molecule has 0 bridgehead atoms. The van der Waals surface area contributed by atoms with Crippen LogP contribution in [0.3, 0.4) is 0 Å². The molecule has 2 nitrogen and oxygen atoms in total. The summed E-state index contributed by atoms with van der Waals surface area (Å²) in [6.07, 6.45) is 1.58. The zero-order valence-corrected chi connectivity index (χ0v) is 5.48. The molecule has 0 fully saturated rings. The zero-order valence-electron chi connectivity index (χ0n) is 4.73. The summed E-state index contributed by atoms with van der Waals surface area (Å²) in [6.45, 7) is 0. The van der Waals surface area contributed by atoms with Gasteiger partial charge in [0.1, 0.15) is 0 Å². The van der Waals surface area contributed by atoms with E-state index in [1.807, 2.05) is 0 Å². The van der Waals surface area contributed by atoms with E-state index < -0.39 is 0 Å². The topological polar surface area (TPSA) is 32.9 Å². The fourth-order valence-corrected chi connectivity index (χ4v) is 0.738. The largest absolute Gasteiger partial charge is 0.329 e. The standard InChI is InChI=1S/C6H6ClNO/c7-4-5-1-2-8-6(9)3-5/h1-3H,4H2,(H,8,9). The Labute approximate surface area is 57.5 Å².